The van der Waals surface area contributed by atoms with Gasteiger partial charge in [-0.3, -0.25) is 4.79 Å². The predicted molar refractivity (Wildman–Crippen MR) is 109 cm³/mol. The van der Waals surface area contributed by atoms with Gasteiger partial charge in [-0.2, -0.15) is 0 Å². The Bertz CT molecular complexity index is 627. The second-order valence-corrected chi connectivity index (χ2v) is 8.34. The number of hydrogen-bond acceptors (Lipinski definition) is 2. The van der Waals surface area contributed by atoms with Gasteiger partial charge in [-0.1, -0.05) is 57.4 Å². The Morgan fingerprint density at radius 2 is 2.00 bits per heavy atom. The molecular formula is C24H36O2. The van der Waals surface area contributed by atoms with E-state index in [0.717, 1.165) is 6.42 Å². The minimum Gasteiger partial charge on any atom is -0.463 e. The van der Waals surface area contributed by atoms with E-state index in [1.165, 1.54) is 59.9 Å². The summed E-state index contributed by atoms with van der Waals surface area (Å²) in [6, 6.07) is 4.65. The molecule has 26 heavy (non-hydrogen) atoms. The number of carbonyl (C=O) groups is 1. The normalized spacial score (nSPS) is 20.2. The van der Waals surface area contributed by atoms with E-state index in [2.05, 4.69) is 52.8 Å². The van der Waals surface area contributed by atoms with Gasteiger partial charge in [-0.15, -0.1) is 0 Å². The summed E-state index contributed by atoms with van der Waals surface area (Å²) in [4.78, 5) is 10.8. The van der Waals surface area contributed by atoms with Crippen LogP contribution < -0.4 is 0 Å². The van der Waals surface area contributed by atoms with Crippen molar-refractivity contribution in [2.45, 2.75) is 85.7 Å². The molecule has 2 atom stereocenters. The highest BCUT2D eigenvalue weighted by atomic mass is 16.5. The van der Waals surface area contributed by atoms with Gasteiger partial charge < -0.3 is 4.74 Å². The molecule has 0 saturated carbocycles. The van der Waals surface area contributed by atoms with Crippen molar-refractivity contribution in [3.63, 3.8) is 0 Å². The average molecular weight is 357 g/mol. The second kappa shape index (κ2) is 9.94. The first kappa shape index (κ1) is 20.7. The Kier molecular flexibility index (Phi) is 7.93. The Morgan fingerprint density at radius 1 is 1.23 bits per heavy atom. The lowest BCUT2D eigenvalue weighted by atomic mass is 9.70. The summed E-state index contributed by atoms with van der Waals surface area (Å²) in [6.07, 6.45) is 9.75. The average Bonchev–Trinajstić information content (AvgIpc) is 2.59. The molecule has 0 amide bonds. The van der Waals surface area contributed by atoms with Crippen molar-refractivity contribution in [1.82, 2.24) is 0 Å². The van der Waals surface area contributed by atoms with Gasteiger partial charge in [-0.25, -0.2) is 0 Å². The lowest BCUT2D eigenvalue weighted by Gasteiger charge is -2.35. The molecule has 2 nitrogen and oxygen atoms in total. The van der Waals surface area contributed by atoms with E-state index in [1.807, 2.05) is 0 Å². The van der Waals surface area contributed by atoms with Crippen LogP contribution in [0.25, 0.3) is 0 Å². The molecule has 2 heteroatoms. The van der Waals surface area contributed by atoms with Crippen LogP contribution in [0.15, 0.2) is 23.8 Å². The Labute approximate surface area is 160 Å². The molecule has 1 aromatic rings. The van der Waals surface area contributed by atoms with E-state index in [1.54, 1.807) is 0 Å². The van der Waals surface area contributed by atoms with E-state index < -0.39 is 0 Å². The van der Waals surface area contributed by atoms with Gasteiger partial charge in [0, 0.05) is 5.92 Å². The number of ether oxygens (including phenoxy) is 1. The quantitative estimate of drug-likeness (QED) is 0.287. The molecule has 0 saturated heterocycles. The lowest BCUT2D eigenvalue weighted by molar-refractivity contribution is -0.129. The van der Waals surface area contributed by atoms with Crippen molar-refractivity contribution in [3.05, 3.63) is 46.0 Å². The summed E-state index contributed by atoms with van der Waals surface area (Å²) in [5, 5.41) is 0. The molecule has 0 aromatic heterocycles. The molecule has 1 aromatic carbocycles. The molecule has 0 fully saturated rings. The van der Waals surface area contributed by atoms with E-state index in [-0.39, 0.29) is 0 Å². The number of unbranched alkanes of at least 4 members (excludes halogenated alkanes) is 2. The number of rotatable bonds is 9. The molecule has 0 spiro atoms. The molecule has 0 N–H and O–H groups in total. The highest BCUT2D eigenvalue weighted by Crippen LogP contribution is 2.43. The minimum absolute atomic E-state index is 0.384. The van der Waals surface area contributed by atoms with Crippen LogP contribution in [0.4, 0.5) is 0 Å². The van der Waals surface area contributed by atoms with Crippen LogP contribution in [-0.4, -0.2) is 6.47 Å². The molecule has 0 bridgehead atoms. The maximum Gasteiger partial charge on any atom is 0.293 e. The molecule has 0 radical (unpaired) electrons. The number of benzene rings is 1. The zero-order valence-corrected chi connectivity index (χ0v) is 17.3. The zero-order valence-electron chi connectivity index (χ0n) is 17.3. The Hall–Kier alpha value is -1.57. The molecule has 1 unspecified atom stereocenters. The van der Waals surface area contributed by atoms with Crippen LogP contribution in [0.5, 0.6) is 0 Å². The fourth-order valence-corrected chi connectivity index (χ4v) is 4.53. The largest absolute Gasteiger partial charge is 0.463 e. The number of aryl methyl sites for hydroxylation is 2. The fourth-order valence-electron chi connectivity index (χ4n) is 4.53. The minimum atomic E-state index is 0.384. The molecular weight excluding hydrogens is 320 g/mol. The fraction of sp³-hybridized carbons (Fsp3) is 0.625. The highest BCUT2D eigenvalue weighted by Gasteiger charge is 2.30. The summed E-state index contributed by atoms with van der Waals surface area (Å²) in [6.45, 7) is 12.4. The Balaban J connectivity index is 2.43. The third kappa shape index (κ3) is 5.22. The predicted octanol–water partition coefficient (Wildman–Crippen LogP) is 6.50. The van der Waals surface area contributed by atoms with Crippen LogP contribution in [0.1, 0.15) is 88.0 Å². The van der Waals surface area contributed by atoms with Gasteiger partial charge in [-0.05, 0) is 73.6 Å². The number of hydrogen-bond donors (Lipinski definition) is 0. The topological polar surface area (TPSA) is 26.3 Å². The summed E-state index contributed by atoms with van der Waals surface area (Å²) < 4.78 is 5.21. The van der Waals surface area contributed by atoms with E-state index >= 15 is 0 Å². The smallest absolute Gasteiger partial charge is 0.293 e. The first-order chi connectivity index (χ1) is 12.5. The first-order valence-electron chi connectivity index (χ1n) is 10.3. The van der Waals surface area contributed by atoms with Gasteiger partial charge in [0.05, 0.1) is 0 Å². The highest BCUT2D eigenvalue weighted by molar-refractivity contribution is 5.45. The van der Waals surface area contributed by atoms with Crippen LogP contribution in [0.2, 0.25) is 0 Å². The van der Waals surface area contributed by atoms with Crippen molar-refractivity contribution in [2.75, 3.05) is 0 Å². The van der Waals surface area contributed by atoms with E-state index in [0.29, 0.717) is 30.8 Å². The van der Waals surface area contributed by atoms with E-state index in [9.17, 15) is 4.79 Å². The number of allylic oxidation sites excluding steroid dienone is 2. The van der Waals surface area contributed by atoms with Crippen molar-refractivity contribution in [1.29, 1.82) is 0 Å². The summed E-state index contributed by atoms with van der Waals surface area (Å²) >= 11 is 0. The first-order valence-corrected chi connectivity index (χ1v) is 10.3. The molecule has 2 rings (SSSR count). The molecule has 0 aliphatic heterocycles. The van der Waals surface area contributed by atoms with Crippen molar-refractivity contribution >= 4 is 6.47 Å². The maximum atomic E-state index is 10.8. The van der Waals surface area contributed by atoms with Crippen LogP contribution >= 0.6 is 0 Å². The second-order valence-electron chi connectivity index (χ2n) is 8.34. The summed E-state index contributed by atoms with van der Waals surface area (Å²) in [5.74, 6) is 1.73. The van der Waals surface area contributed by atoms with Crippen LogP contribution in [0.3, 0.4) is 0 Å². The maximum absolute atomic E-state index is 10.8. The molecule has 1 aliphatic rings. The van der Waals surface area contributed by atoms with Crippen molar-refractivity contribution < 1.29 is 9.53 Å². The molecule has 0 heterocycles. The van der Waals surface area contributed by atoms with E-state index in [4.69, 9.17) is 4.74 Å². The van der Waals surface area contributed by atoms with Gasteiger partial charge in [0.25, 0.3) is 6.47 Å². The standard InChI is InChI=1S/C24H36O2/c1-6-7-8-9-20-13-19(5)24(21(14-20)15-26-16-25)23-12-18(4)10-11-22(23)17(2)3/h12-14,16-17,22-23H,6-11,15H2,1-5H3/t22?,23-/m1/s1. The van der Waals surface area contributed by atoms with Gasteiger partial charge in [0.15, 0.2) is 0 Å². The lowest BCUT2D eigenvalue weighted by Crippen LogP contribution is -2.23. The van der Waals surface area contributed by atoms with Crippen molar-refractivity contribution in [2.24, 2.45) is 11.8 Å². The monoisotopic (exact) mass is 356 g/mol. The third-order valence-electron chi connectivity index (χ3n) is 5.90. The summed E-state index contributed by atoms with van der Waals surface area (Å²) in [5.41, 5.74) is 6.81. The number of carbonyl (C=O) groups excluding carboxylic acids is 1. The van der Waals surface area contributed by atoms with Gasteiger partial charge in [0.1, 0.15) is 6.61 Å². The zero-order chi connectivity index (χ0) is 19.1. The SMILES string of the molecule is CCCCCc1cc(C)c([C@@H]2C=C(C)CCC2C(C)C)c(COC=O)c1. The molecule has 1 aliphatic carbocycles. The van der Waals surface area contributed by atoms with Crippen molar-refractivity contribution in [3.8, 4) is 0 Å². The van der Waals surface area contributed by atoms with Crippen LogP contribution in [0, 0.1) is 18.8 Å². The van der Waals surface area contributed by atoms with Gasteiger partial charge >= 0.3 is 0 Å². The van der Waals surface area contributed by atoms with Gasteiger partial charge in [0.2, 0.25) is 0 Å². The van der Waals surface area contributed by atoms with Crippen LogP contribution in [-0.2, 0) is 22.6 Å². The Morgan fingerprint density at radius 3 is 2.65 bits per heavy atom. The summed E-state index contributed by atoms with van der Waals surface area (Å²) in [7, 11) is 0. The third-order valence-corrected chi connectivity index (χ3v) is 5.90. The molecule has 144 valence electrons.